The van der Waals surface area contributed by atoms with Crippen LogP contribution in [0, 0.1) is 18.6 Å². The predicted octanol–water partition coefficient (Wildman–Crippen LogP) is 7.06. The van der Waals surface area contributed by atoms with Crippen LogP contribution in [0.5, 0.6) is 0 Å². The fraction of sp³-hybridized carbons (Fsp3) is 0.429. The SMILES string of the molecule is Cc1nc2ccccc2n1C1CC2CCC(C1)N2CCC1(c2ccccc2)CCN(C(=O)c2cc(F)ccc2F)CC1. The monoisotopic (exact) mass is 568 g/mol. The van der Waals surface area contributed by atoms with Gasteiger partial charge in [0.2, 0.25) is 0 Å². The van der Waals surface area contributed by atoms with E-state index in [1.807, 2.05) is 0 Å². The first-order chi connectivity index (χ1) is 20.4. The standard InChI is InChI=1S/C35H38F2N4O/c1-24-38-32-9-5-6-10-33(32)41(24)29-22-27-12-13-28(23-29)40(27)20-17-35(25-7-3-2-4-8-25)15-18-39(19-16-35)34(42)30-21-26(36)11-14-31(30)37/h2-11,14,21,27-29H,12-13,15-20,22-23H2,1H3. The summed E-state index contributed by atoms with van der Waals surface area (Å²) >= 11 is 0. The predicted molar refractivity (Wildman–Crippen MR) is 160 cm³/mol. The summed E-state index contributed by atoms with van der Waals surface area (Å²) in [4.78, 5) is 22.5. The van der Waals surface area contributed by atoms with Crippen LogP contribution in [0.2, 0.25) is 0 Å². The van der Waals surface area contributed by atoms with Gasteiger partial charge in [-0.05, 0) is 99.7 Å². The second-order valence-electron chi connectivity index (χ2n) is 12.6. The maximum atomic E-state index is 14.4. The molecule has 0 radical (unpaired) electrons. The second-order valence-corrected chi connectivity index (χ2v) is 12.6. The van der Waals surface area contributed by atoms with Crippen molar-refractivity contribution in [3.05, 3.63) is 101 Å². The van der Waals surface area contributed by atoms with E-state index < -0.39 is 17.5 Å². The maximum absolute atomic E-state index is 14.4. The summed E-state index contributed by atoms with van der Waals surface area (Å²) in [6.07, 6.45) is 7.43. The summed E-state index contributed by atoms with van der Waals surface area (Å²) in [5.74, 6) is -0.572. The average molecular weight is 569 g/mol. The van der Waals surface area contributed by atoms with Gasteiger partial charge in [-0.2, -0.15) is 0 Å². The minimum atomic E-state index is -0.668. The number of aryl methyl sites for hydroxylation is 1. The molecule has 2 bridgehead atoms. The van der Waals surface area contributed by atoms with Crippen molar-refractivity contribution in [3.8, 4) is 0 Å². The first-order valence-corrected chi connectivity index (χ1v) is 15.4. The second kappa shape index (κ2) is 10.9. The molecule has 0 aliphatic carbocycles. The zero-order valence-corrected chi connectivity index (χ0v) is 24.2. The van der Waals surface area contributed by atoms with Gasteiger partial charge in [0.1, 0.15) is 17.5 Å². The summed E-state index contributed by atoms with van der Waals surface area (Å²) in [6.45, 7) is 4.24. The first kappa shape index (κ1) is 27.3. The summed E-state index contributed by atoms with van der Waals surface area (Å²) in [5.41, 5.74) is 3.42. The average Bonchev–Trinajstić information content (AvgIpc) is 3.48. The van der Waals surface area contributed by atoms with Crippen LogP contribution in [-0.2, 0) is 5.41 Å². The lowest BCUT2D eigenvalue weighted by molar-refractivity contribution is 0.0602. The molecule has 2 unspecified atom stereocenters. The molecule has 7 heteroatoms. The van der Waals surface area contributed by atoms with E-state index in [-0.39, 0.29) is 11.0 Å². The van der Waals surface area contributed by atoms with Crippen molar-refractivity contribution in [2.24, 2.45) is 0 Å². The van der Waals surface area contributed by atoms with Gasteiger partial charge in [-0.3, -0.25) is 9.69 Å². The number of nitrogens with zero attached hydrogens (tertiary/aromatic N) is 4. The molecule has 0 spiro atoms. The van der Waals surface area contributed by atoms with Crippen molar-refractivity contribution >= 4 is 16.9 Å². The van der Waals surface area contributed by atoms with Crippen LogP contribution in [0.15, 0.2) is 72.8 Å². The molecular weight excluding hydrogens is 530 g/mol. The number of piperidine rings is 2. The fourth-order valence-corrected chi connectivity index (χ4v) is 8.23. The molecule has 3 fully saturated rings. The lowest BCUT2D eigenvalue weighted by Gasteiger charge is -2.45. The van der Waals surface area contributed by atoms with Crippen LogP contribution in [0.1, 0.15) is 72.7 Å². The van der Waals surface area contributed by atoms with E-state index in [1.165, 1.54) is 23.9 Å². The number of carbonyl (C=O) groups excluding carboxylic acids is 1. The molecule has 3 aliphatic heterocycles. The van der Waals surface area contributed by atoms with Gasteiger partial charge in [-0.15, -0.1) is 0 Å². The molecule has 4 heterocycles. The molecule has 0 N–H and O–H groups in total. The normalized spacial score (nSPS) is 23.9. The van der Waals surface area contributed by atoms with Gasteiger partial charge in [0.15, 0.2) is 0 Å². The number of likely N-dealkylation sites (tertiary alicyclic amines) is 1. The van der Waals surface area contributed by atoms with Crippen LogP contribution < -0.4 is 0 Å². The van der Waals surface area contributed by atoms with Gasteiger partial charge >= 0.3 is 0 Å². The molecule has 42 heavy (non-hydrogen) atoms. The number of rotatable bonds is 6. The van der Waals surface area contributed by atoms with E-state index in [4.69, 9.17) is 4.98 Å². The Morgan fingerprint density at radius 3 is 2.33 bits per heavy atom. The van der Waals surface area contributed by atoms with Gasteiger partial charge in [0.05, 0.1) is 16.6 Å². The minimum Gasteiger partial charge on any atom is -0.338 e. The third kappa shape index (κ3) is 4.81. The van der Waals surface area contributed by atoms with Crippen molar-refractivity contribution in [2.75, 3.05) is 19.6 Å². The number of hydrogen-bond acceptors (Lipinski definition) is 3. The summed E-state index contributed by atoms with van der Waals surface area (Å²) in [5, 5.41) is 0. The molecule has 218 valence electrons. The van der Waals surface area contributed by atoms with Gasteiger partial charge in [-0.25, -0.2) is 13.8 Å². The van der Waals surface area contributed by atoms with E-state index in [2.05, 4.69) is 71.0 Å². The highest BCUT2D eigenvalue weighted by Gasteiger charge is 2.44. The van der Waals surface area contributed by atoms with E-state index in [0.29, 0.717) is 31.2 Å². The van der Waals surface area contributed by atoms with E-state index in [0.717, 1.165) is 68.2 Å². The molecule has 2 atom stereocenters. The van der Waals surface area contributed by atoms with Crippen molar-refractivity contribution in [3.63, 3.8) is 0 Å². The smallest absolute Gasteiger partial charge is 0.256 e. The van der Waals surface area contributed by atoms with Gasteiger partial charge in [0, 0.05) is 31.2 Å². The third-order valence-corrected chi connectivity index (χ3v) is 10.4. The number of halogens is 2. The molecular formula is C35H38F2N4O. The van der Waals surface area contributed by atoms with E-state index >= 15 is 0 Å². The lowest BCUT2D eigenvalue weighted by Crippen LogP contribution is -2.49. The zero-order chi connectivity index (χ0) is 28.8. The number of benzene rings is 3. The fourth-order valence-electron chi connectivity index (χ4n) is 8.23. The Bertz CT molecular complexity index is 1580. The zero-order valence-electron chi connectivity index (χ0n) is 24.2. The number of imidazole rings is 1. The van der Waals surface area contributed by atoms with Gasteiger partial charge < -0.3 is 9.47 Å². The number of aromatic nitrogens is 2. The molecule has 4 aromatic rings. The Kier molecular flexibility index (Phi) is 7.09. The molecule has 0 saturated carbocycles. The number of carbonyl (C=O) groups is 1. The lowest BCUT2D eigenvalue weighted by atomic mass is 9.70. The number of fused-ring (bicyclic) bond motifs is 3. The Morgan fingerprint density at radius 1 is 0.905 bits per heavy atom. The van der Waals surface area contributed by atoms with Gasteiger partial charge in [0.25, 0.3) is 5.91 Å². The van der Waals surface area contributed by atoms with Crippen molar-refractivity contribution in [2.45, 2.75) is 75.4 Å². The molecule has 5 nitrogen and oxygen atoms in total. The third-order valence-electron chi connectivity index (χ3n) is 10.4. The maximum Gasteiger partial charge on any atom is 0.256 e. The van der Waals surface area contributed by atoms with Crippen molar-refractivity contribution in [1.82, 2.24) is 19.4 Å². The van der Waals surface area contributed by atoms with Crippen LogP contribution in [0.25, 0.3) is 11.0 Å². The molecule has 1 aromatic heterocycles. The van der Waals surface area contributed by atoms with Crippen molar-refractivity contribution < 1.29 is 13.6 Å². The number of para-hydroxylation sites is 2. The van der Waals surface area contributed by atoms with E-state index in [9.17, 15) is 13.6 Å². The summed E-state index contributed by atoms with van der Waals surface area (Å²) in [7, 11) is 0. The Hall–Kier alpha value is -3.58. The van der Waals surface area contributed by atoms with Crippen LogP contribution >= 0.6 is 0 Å². The number of hydrogen-bond donors (Lipinski definition) is 0. The Balaban J connectivity index is 1.07. The molecule has 7 rings (SSSR count). The Labute approximate surface area is 246 Å². The Morgan fingerprint density at radius 2 is 1.60 bits per heavy atom. The minimum absolute atomic E-state index is 0.0497. The molecule has 1 amide bonds. The highest BCUT2D eigenvalue weighted by Crippen LogP contribution is 2.45. The quantitative estimate of drug-likeness (QED) is 0.250. The van der Waals surface area contributed by atoms with Crippen molar-refractivity contribution in [1.29, 1.82) is 0 Å². The number of amides is 1. The first-order valence-electron chi connectivity index (χ1n) is 15.4. The highest BCUT2D eigenvalue weighted by molar-refractivity contribution is 5.94. The highest BCUT2D eigenvalue weighted by atomic mass is 19.1. The summed E-state index contributed by atoms with van der Waals surface area (Å²) in [6, 6.07) is 23.9. The van der Waals surface area contributed by atoms with Crippen LogP contribution in [-0.4, -0.2) is 57.0 Å². The van der Waals surface area contributed by atoms with Crippen LogP contribution in [0.3, 0.4) is 0 Å². The molecule has 3 aliphatic rings. The van der Waals surface area contributed by atoms with E-state index in [1.54, 1.807) is 4.90 Å². The molecule has 3 saturated heterocycles. The topological polar surface area (TPSA) is 41.4 Å². The van der Waals surface area contributed by atoms with Crippen LogP contribution in [0.4, 0.5) is 8.78 Å². The summed E-state index contributed by atoms with van der Waals surface area (Å²) < 4.78 is 30.7. The largest absolute Gasteiger partial charge is 0.338 e. The van der Waals surface area contributed by atoms with Gasteiger partial charge in [-0.1, -0.05) is 42.5 Å². The molecule has 3 aromatic carbocycles.